The molecule has 0 radical (unpaired) electrons. The summed E-state index contributed by atoms with van der Waals surface area (Å²) in [7, 11) is 2.04. The average molecular weight is 328 g/mol. The summed E-state index contributed by atoms with van der Waals surface area (Å²) in [6.45, 7) is 5.76. The second-order valence-electron chi connectivity index (χ2n) is 5.41. The topological polar surface area (TPSA) is 64.6 Å². The van der Waals surface area contributed by atoms with Crippen LogP contribution in [-0.4, -0.2) is 48.8 Å². The van der Waals surface area contributed by atoms with Crippen molar-refractivity contribution in [2.75, 3.05) is 26.7 Å². The summed E-state index contributed by atoms with van der Waals surface area (Å²) in [6, 6.07) is 7.26. The van der Waals surface area contributed by atoms with E-state index >= 15 is 0 Å². The molecule has 1 rings (SSSR count). The standard InChI is InChI=1S/C16H26ClN3O2/c1-4-12(2)20(3)10-9-18-16(22)19-11-15(21)13-7-5-6-8-14(13)17/h5-8,12,15,21H,4,9-11H2,1-3H3,(H2,18,19,22). The van der Waals surface area contributed by atoms with Gasteiger partial charge in [0.05, 0.1) is 6.10 Å². The molecule has 2 unspecified atom stereocenters. The molecule has 6 heteroatoms. The summed E-state index contributed by atoms with van der Waals surface area (Å²) < 4.78 is 0. The van der Waals surface area contributed by atoms with Crippen LogP contribution in [0.1, 0.15) is 31.9 Å². The minimum absolute atomic E-state index is 0.122. The number of aliphatic hydroxyl groups excluding tert-OH is 1. The number of aliphatic hydroxyl groups is 1. The smallest absolute Gasteiger partial charge is 0.314 e. The first-order chi connectivity index (χ1) is 10.5. The number of likely N-dealkylation sites (N-methyl/N-ethyl adjacent to an activating group) is 1. The van der Waals surface area contributed by atoms with Gasteiger partial charge >= 0.3 is 6.03 Å². The Kier molecular flexibility index (Phi) is 8.24. The third-order valence-corrected chi connectivity index (χ3v) is 4.16. The maximum atomic E-state index is 11.7. The molecule has 0 spiro atoms. The predicted octanol–water partition coefficient (Wildman–Crippen LogP) is 2.40. The zero-order valence-corrected chi connectivity index (χ0v) is 14.2. The molecule has 0 aliphatic carbocycles. The van der Waals surface area contributed by atoms with Crippen molar-refractivity contribution in [2.45, 2.75) is 32.4 Å². The van der Waals surface area contributed by atoms with Gasteiger partial charge in [0, 0.05) is 36.3 Å². The second-order valence-corrected chi connectivity index (χ2v) is 5.82. The van der Waals surface area contributed by atoms with Gasteiger partial charge in [0.15, 0.2) is 0 Å². The van der Waals surface area contributed by atoms with E-state index < -0.39 is 6.10 Å². The van der Waals surface area contributed by atoms with Crippen molar-refractivity contribution in [3.05, 3.63) is 34.9 Å². The largest absolute Gasteiger partial charge is 0.387 e. The number of benzene rings is 1. The van der Waals surface area contributed by atoms with E-state index in [4.69, 9.17) is 11.6 Å². The third-order valence-electron chi connectivity index (χ3n) is 3.81. The molecule has 2 amide bonds. The van der Waals surface area contributed by atoms with Crippen LogP contribution in [0.15, 0.2) is 24.3 Å². The van der Waals surface area contributed by atoms with Gasteiger partial charge in [-0.15, -0.1) is 0 Å². The highest BCUT2D eigenvalue weighted by molar-refractivity contribution is 6.31. The maximum Gasteiger partial charge on any atom is 0.314 e. The number of nitrogens with zero attached hydrogens (tertiary/aromatic N) is 1. The minimum atomic E-state index is -0.817. The van der Waals surface area contributed by atoms with Crippen molar-refractivity contribution >= 4 is 17.6 Å². The Bertz CT molecular complexity index is 470. The Morgan fingerprint density at radius 1 is 1.36 bits per heavy atom. The Morgan fingerprint density at radius 3 is 2.68 bits per heavy atom. The fourth-order valence-corrected chi connectivity index (χ4v) is 2.25. The van der Waals surface area contributed by atoms with E-state index in [1.807, 2.05) is 7.05 Å². The van der Waals surface area contributed by atoms with Crippen LogP contribution in [0.2, 0.25) is 5.02 Å². The molecule has 1 aromatic rings. The number of carbonyl (C=O) groups is 1. The number of carbonyl (C=O) groups excluding carboxylic acids is 1. The van der Waals surface area contributed by atoms with Crippen molar-refractivity contribution < 1.29 is 9.90 Å². The van der Waals surface area contributed by atoms with Crippen LogP contribution in [0, 0.1) is 0 Å². The monoisotopic (exact) mass is 327 g/mol. The van der Waals surface area contributed by atoms with E-state index in [9.17, 15) is 9.90 Å². The van der Waals surface area contributed by atoms with Crippen LogP contribution in [0.5, 0.6) is 0 Å². The zero-order chi connectivity index (χ0) is 16.5. The molecule has 0 saturated heterocycles. The summed E-state index contributed by atoms with van der Waals surface area (Å²) in [5.41, 5.74) is 0.612. The highest BCUT2D eigenvalue weighted by Gasteiger charge is 2.12. The van der Waals surface area contributed by atoms with Crippen LogP contribution in [0.25, 0.3) is 0 Å². The number of hydrogen-bond donors (Lipinski definition) is 3. The van der Waals surface area contributed by atoms with E-state index in [2.05, 4.69) is 29.4 Å². The molecule has 0 heterocycles. The second kappa shape index (κ2) is 9.66. The highest BCUT2D eigenvalue weighted by atomic mass is 35.5. The van der Waals surface area contributed by atoms with Crippen LogP contribution >= 0.6 is 11.6 Å². The molecular weight excluding hydrogens is 302 g/mol. The normalized spacial score (nSPS) is 13.7. The Morgan fingerprint density at radius 2 is 2.05 bits per heavy atom. The molecule has 0 aliphatic heterocycles. The molecule has 0 bridgehead atoms. The van der Waals surface area contributed by atoms with Crippen molar-refractivity contribution in [2.24, 2.45) is 0 Å². The number of nitrogens with one attached hydrogen (secondary N) is 2. The maximum absolute atomic E-state index is 11.7. The minimum Gasteiger partial charge on any atom is -0.387 e. The van der Waals surface area contributed by atoms with Crippen LogP contribution < -0.4 is 10.6 Å². The van der Waals surface area contributed by atoms with Gasteiger partial charge in [-0.25, -0.2) is 4.79 Å². The summed E-state index contributed by atoms with van der Waals surface area (Å²) in [6.07, 6.45) is 0.259. The van der Waals surface area contributed by atoms with Crippen molar-refractivity contribution in [1.29, 1.82) is 0 Å². The summed E-state index contributed by atoms with van der Waals surface area (Å²) in [4.78, 5) is 13.9. The fraction of sp³-hybridized carbons (Fsp3) is 0.562. The summed E-state index contributed by atoms with van der Waals surface area (Å²) in [5, 5.41) is 16.0. The zero-order valence-electron chi connectivity index (χ0n) is 13.5. The average Bonchev–Trinajstić information content (AvgIpc) is 2.52. The first-order valence-electron chi connectivity index (χ1n) is 7.60. The lowest BCUT2D eigenvalue weighted by molar-refractivity contribution is 0.172. The lowest BCUT2D eigenvalue weighted by Gasteiger charge is -2.23. The van der Waals surface area contributed by atoms with E-state index in [1.165, 1.54) is 0 Å². The van der Waals surface area contributed by atoms with Gasteiger partial charge < -0.3 is 20.6 Å². The molecule has 0 saturated carbocycles. The molecule has 22 heavy (non-hydrogen) atoms. The molecule has 0 aromatic heterocycles. The van der Waals surface area contributed by atoms with E-state index in [0.717, 1.165) is 13.0 Å². The molecule has 3 N–H and O–H groups in total. The SMILES string of the molecule is CCC(C)N(C)CCNC(=O)NCC(O)c1ccccc1Cl. The van der Waals surface area contributed by atoms with Crippen molar-refractivity contribution in [1.82, 2.24) is 15.5 Å². The Labute approximate surface area is 137 Å². The number of amides is 2. The molecule has 0 fully saturated rings. The van der Waals surface area contributed by atoms with Crippen LogP contribution in [0.3, 0.4) is 0 Å². The van der Waals surface area contributed by atoms with Gasteiger partial charge in [0.25, 0.3) is 0 Å². The lowest BCUT2D eigenvalue weighted by Crippen LogP contribution is -2.42. The number of rotatable bonds is 8. The predicted molar refractivity (Wildman–Crippen MR) is 90.2 cm³/mol. The van der Waals surface area contributed by atoms with E-state index in [0.29, 0.717) is 23.2 Å². The number of halogens is 1. The molecule has 2 atom stereocenters. The van der Waals surface area contributed by atoms with E-state index in [-0.39, 0.29) is 12.6 Å². The lowest BCUT2D eigenvalue weighted by atomic mass is 10.1. The van der Waals surface area contributed by atoms with Gasteiger partial charge in [-0.2, -0.15) is 0 Å². The van der Waals surface area contributed by atoms with E-state index in [1.54, 1.807) is 24.3 Å². The molecule has 5 nitrogen and oxygen atoms in total. The third kappa shape index (κ3) is 6.22. The molecule has 0 aliphatic rings. The van der Waals surface area contributed by atoms with Crippen LogP contribution in [0.4, 0.5) is 4.79 Å². The fourth-order valence-electron chi connectivity index (χ4n) is 1.99. The number of urea groups is 1. The molecular formula is C16H26ClN3O2. The molecule has 124 valence electrons. The van der Waals surface area contributed by atoms with Gasteiger partial charge in [-0.1, -0.05) is 36.7 Å². The van der Waals surface area contributed by atoms with Gasteiger partial charge in [-0.3, -0.25) is 0 Å². The summed E-state index contributed by atoms with van der Waals surface area (Å²) >= 11 is 6.00. The van der Waals surface area contributed by atoms with Gasteiger partial charge in [0.2, 0.25) is 0 Å². The number of hydrogen-bond acceptors (Lipinski definition) is 3. The molecule has 1 aromatic carbocycles. The Balaban J connectivity index is 2.27. The van der Waals surface area contributed by atoms with Gasteiger partial charge in [0.1, 0.15) is 0 Å². The first kappa shape index (κ1) is 18.7. The highest BCUT2D eigenvalue weighted by Crippen LogP contribution is 2.21. The van der Waals surface area contributed by atoms with Gasteiger partial charge in [-0.05, 0) is 26.5 Å². The summed E-state index contributed by atoms with van der Waals surface area (Å²) in [5.74, 6) is 0. The first-order valence-corrected chi connectivity index (χ1v) is 7.97. The van der Waals surface area contributed by atoms with Crippen molar-refractivity contribution in [3.63, 3.8) is 0 Å². The quantitative estimate of drug-likeness (QED) is 0.687. The van der Waals surface area contributed by atoms with Crippen LogP contribution in [-0.2, 0) is 0 Å². The Hall–Kier alpha value is -1.30. The van der Waals surface area contributed by atoms with Crippen molar-refractivity contribution in [3.8, 4) is 0 Å².